The van der Waals surface area contributed by atoms with Gasteiger partial charge in [0.2, 0.25) is 11.8 Å². The highest BCUT2D eigenvalue weighted by molar-refractivity contribution is 7.14. The molecule has 0 aliphatic carbocycles. The molecule has 1 fully saturated rings. The third-order valence-corrected chi connectivity index (χ3v) is 5.90. The predicted molar refractivity (Wildman–Crippen MR) is 122 cm³/mol. The lowest BCUT2D eigenvalue weighted by molar-refractivity contribution is -0.117. The molecule has 0 spiro atoms. The van der Waals surface area contributed by atoms with E-state index in [1.165, 1.54) is 11.3 Å². The van der Waals surface area contributed by atoms with Gasteiger partial charge < -0.3 is 10.6 Å². The molecule has 9 heteroatoms. The van der Waals surface area contributed by atoms with Gasteiger partial charge in [0.1, 0.15) is 0 Å². The number of rotatable bonds is 6. The third kappa shape index (κ3) is 5.10. The first kappa shape index (κ1) is 21.0. The largest absolute Gasteiger partial charge is 0.325 e. The Balaban J connectivity index is 1.42. The van der Waals surface area contributed by atoms with Crippen molar-refractivity contribution in [2.75, 3.05) is 22.1 Å². The molecule has 2 N–H and O–H groups in total. The Labute approximate surface area is 188 Å². The molecule has 158 valence electrons. The van der Waals surface area contributed by atoms with Crippen LogP contribution in [0.5, 0.6) is 0 Å². The Hall–Kier alpha value is -3.23. The van der Waals surface area contributed by atoms with Gasteiger partial charge in [-0.05, 0) is 42.8 Å². The molecule has 1 aliphatic rings. The molecule has 3 amide bonds. The fourth-order valence-corrected chi connectivity index (χ4v) is 4.23. The van der Waals surface area contributed by atoms with Crippen molar-refractivity contribution in [1.29, 1.82) is 0 Å². The van der Waals surface area contributed by atoms with Gasteiger partial charge in [0.15, 0.2) is 5.13 Å². The van der Waals surface area contributed by atoms with Gasteiger partial charge in [-0.1, -0.05) is 23.7 Å². The lowest BCUT2D eigenvalue weighted by atomic mass is 10.1. The number of amides is 3. The van der Waals surface area contributed by atoms with Crippen molar-refractivity contribution in [3.63, 3.8) is 0 Å². The van der Waals surface area contributed by atoms with E-state index < -0.39 is 0 Å². The molecule has 0 saturated carbocycles. The van der Waals surface area contributed by atoms with E-state index in [0.29, 0.717) is 45.8 Å². The van der Waals surface area contributed by atoms with E-state index in [1.54, 1.807) is 58.8 Å². The summed E-state index contributed by atoms with van der Waals surface area (Å²) in [5.41, 5.74) is 1.93. The van der Waals surface area contributed by atoms with E-state index in [1.807, 2.05) is 0 Å². The van der Waals surface area contributed by atoms with E-state index >= 15 is 0 Å². The first-order valence-corrected chi connectivity index (χ1v) is 11.0. The minimum atomic E-state index is -0.346. The molecule has 7 nitrogen and oxygen atoms in total. The van der Waals surface area contributed by atoms with Crippen LogP contribution in [-0.4, -0.2) is 29.3 Å². The molecule has 3 aromatic rings. The van der Waals surface area contributed by atoms with Crippen LogP contribution in [0.15, 0.2) is 53.9 Å². The zero-order chi connectivity index (χ0) is 21.8. The Morgan fingerprint density at radius 2 is 1.87 bits per heavy atom. The number of hydrogen-bond donors (Lipinski definition) is 2. The lowest BCUT2D eigenvalue weighted by Gasteiger charge is -2.12. The van der Waals surface area contributed by atoms with E-state index in [0.717, 1.165) is 6.42 Å². The fraction of sp³-hybridized carbons (Fsp3) is 0.182. The molecule has 0 unspecified atom stereocenters. The molecule has 0 radical (unpaired) electrons. The minimum Gasteiger partial charge on any atom is -0.325 e. The van der Waals surface area contributed by atoms with Crippen molar-refractivity contribution in [2.45, 2.75) is 19.3 Å². The van der Waals surface area contributed by atoms with E-state index in [-0.39, 0.29) is 24.1 Å². The average molecular weight is 455 g/mol. The summed E-state index contributed by atoms with van der Waals surface area (Å²) in [4.78, 5) is 43.2. The number of hydrogen-bond acceptors (Lipinski definition) is 5. The number of carbonyl (C=O) groups excluding carboxylic acids is 3. The molecular formula is C22H19ClN4O3S. The number of anilines is 3. The summed E-state index contributed by atoms with van der Waals surface area (Å²) in [5, 5.41) is 8.55. The summed E-state index contributed by atoms with van der Waals surface area (Å²) < 4.78 is 0. The summed E-state index contributed by atoms with van der Waals surface area (Å²) in [7, 11) is 0. The SMILES string of the molecule is O=C(Cc1csc(N2CCCC2=O)n1)Nc1ccccc1C(=O)Nc1ccc(Cl)cc1. The average Bonchev–Trinajstić information content (AvgIpc) is 3.38. The van der Waals surface area contributed by atoms with Crippen LogP contribution in [0.25, 0.3) is 0 Å². The van der Waals surface area contributed by atoms with Crippen LogP contribution in [0.1, 0.15) is 28.9 Å². The first-order chi connectivity index (χ1) is 15.0. The highest BCUT2D eigenvalue weighted by Gasteiger charge is 2.24. The number of aromatic nitrogens is 1. The molecule has 31 heavy (non-hydrogen) atoms. The standard InChI is InChI=1S/C22H19ClN4O3S/c23-14-7-9-15(10-8-14)24-21(30)17-4-1-2-5-18(17)26-19(28)12-16-13-31-22(25-16)27-11-3-6-20(27)29/h1-2,4-5,7-10,13H,3,6,11-12H2,(H,24,30)(H,26,28). The van der Waals surface area contributed by atoms with Gasteiger partial charge in [-0.2, -0.15) is 0 Å². The van der Waals surface area contributed by atoms with Gasteiger partial charge in [-0.25, -0.2) is 4.98 Å². The van der Waals surface area contributed by atoms with E-state index in [2.05, 4.69) is 15.6 Å². The number of para-hydroxylation sites is 1. The van der Waals surface area contributed by atoms with Crippen LogP contribution in [-0.2, 0) is 16.0 Å². The van der Waals surface area contributed by atoms with Crippen LogP contribution in [0.2, 0.25) is 5.02 Å². The van der Waals surface area contributed by atoms with Gasteiger partial charge in [-0.15, -0.1) is 11.3 Å². The molecule has 4 rings (SSSR count). The lowest BCUT2D eigenvalue weighted by Crippen LogP contribution is -2.23. The zero-order valence-electron chi connectivity index (χ0n) is 16.4. The maximum Gasteiger partial charge on any atom is 0.257 e. The maximum absolute atomic E-state index is 12.7. The monoisotopic (exact) mass is 454 g/mol. The summed E-state index contributed by atoms with van der Waals surface area (Å²) in [6, 6.07) is 13.6. The van der Waals surface area contributed by atoms with Crippen molar-refractivity contribution in [2.24, 2.45) is 0 Å². The highest BCUT2D eigenvalue weighted by atomic mass is 35.5. The number of benzene rings is 2. The van der Waals surface area contributed by atoms with Gasteiger partial charge >= 0.3 is 0 Å². The summed E-state index contributed by atoms with van der Waals surface area (Å²) in [6.07, 6.45) is 1.40. The van der Waals surface area contributed by atoms with Crippen LogP contribution in [0, 0.1) is 0 Å². The summed E-state index contributed by atoms with van der Waals surface area (Å²) in [6.45, 7) is 0.661. The minimum absolute atomic E-state index is 0.0473. The Bertz CT molecular complexity index is 1130. The quantitative estimate of drug-likeness (QED) is 0.579. The second-order valence-corrected chi connectivity index (χ2v) is 8.27. The van der Waals surface area contributed by atoms with Crippen molar-refractivity contribution in [3.8, 4) is 0 Å². The summed E-state index contributed by atoms with van der Waals surface area (Å²) >= 11 is 7.23. The maximum atomic E-state index is 12.7. The molecule has 1 aromatic heterocycles. The third-order valence-electron chi connectivity index (χ3n) is 4.73. The van der Waals surface area contributed by atoms with Crippen molar-refractivity contribution < 1.29 is 14.4 Å². The van der Waals surface area contributed by atoms with Crippen molar-refractivity contribution >= 4 is 57.2 Å². The smallest absolute Gasteiger partial charge is 0.257 e. The Kier molecular flexibility index (Phi) is 6.29. The van der Waals surface area contributed by atoms with Crippen molar-refractivity contribution in [3.05, 3.63) is 70.2 Å². The van der Waals surface area contributed by atoms with Crippen LogP contribution >= 0.6 is 22.9 Å². The molecule has 1 saturated heterocycles. The number of nitrogens with one attached hydrogen (secondary N) is 2. The molecular weight excluding hydrogens is 436 g/mol. The topological polar surface area (TPSA) is 91.4 Å². The van der Waals surface area contributed by atoms with Crippen LogP contribution in [0.4, 0.5) is 16.5 Å². The normalized spacial score (nSPS) is 13.3. The number of thiazole rings is 1. The molecule has 0 atom stereocenters. The fourth-order valence-electron chi connectivity index (χ4n) is 3.23. The van der Waals surface area contributed by atoms with Crippen molar-refractivity contribution in [1.82, 2.24) is 4.98 Å². The van der Waals surface area contributed by atoms with E-state index in [9.17, 15) is 14.4 Å². The number of nitrogens with zero attached hydrogens (tertiary/aromatic N) is 2. The molecule has 0 bridgehead atoms. The van der Waals surface area contributed by atoms with Gasteiger partial charge in [0, 0.05) is 29.1 Å². The van der Waals surface area contributed by atoms with Gasteiger partial charge in [0.25, 0.3) is 5.91 Å². The Morgan fingerprint density at radius 3 is 2.61 bits per heavy atom. The zero-order valence-corrected chi connectivity index (χ0v) is 18.0. The second-order valence-electron chi connectivity index (χ2n) is 7.00. The van der Waals surface area contributed by atoms with Gasteiger partial charge in [0.05, 0.1) is 23.4 Å². The summed E-state index contributed by atoms with van der Waals surface area (Å²) in [5.74, 6) is -0.580. The molecule has 2 aromatic carbocycles. The van der Waals surface area contributed by atoms with E-state index in [4.69, 9.17) is 11.6 Å². The first-order valence-electron chi connectivity index (χ1n) is 9.70. The Morgan fingerprint density at radius 1 is 1.10 bits per heavy atom. The van der Waals surface area contributed by atoms with Gasteiger partial charge in [-0.3, -0.25) is 19.3 Å². The van der Waals surface area contributed by atoms with Crippen LogP contribution in [0.3, 0.4) is 0 Å². The highest BCUT2D eigenvalue weighted by Crippen LogP contribution is 2.26. The van der Waals surface area contributed by atoms with Crippen LogP contribution < -0.4 is 15.5 Å². The predicted octanol–water partition coefficient (Wildman–Crippen LogP) is 4.36. The molecule has 1 aliphatic heterocycles. The second kappa shape index (κ2) is 9.28. The number of halogens is 1. The molecule has 2 heterocycles. The number of carbonyl (C=O) groups is 3.